The number of fused-ring (bicyclic) bond motifs is 9. The van der Waals surface area contributed by atoms with Crippen LogP contribution < -0.4 is 0 Å². The van der Waals surface area contributed by atoms with Crippen LogP contribution in [0.2, 0.25) is 0 Å². The maximum absolute atomic E-state index is 5.47. The smallest absolute Gasteiger partial charge is 0.138 e. The molecule has 0 saturated carbocycles. The fraction of sp³-hybridized carbons (Fsp3) is 0. The average Bonchev–Trinajstić information content (AvgIpc) is 3.84. The van der Waals surface area contributed by atoms with E-state index in [-0.39, 0.29) is 0 Å². The maximum atomic E-state index is 5.47. The number of nitrogens with zero attached hydrogens (tertiary/aromatic N) is 3. The van der Waals surface area contributed by atoms with Gasteiger partial charge in [0.25, 0.3) is 0 Å². The minimum absolute atomic E-state index is 0.912. The molecular weight excluding hydrogens is 591 g/mol. The molecule has 0 atom stereocenters. The Morgan fingerprint density at radius 2 is 1.13 bits per heavy atom. The van der Waals surface area contributed by atoms with E-state index in [1.807, 2.05) is 11.3 Å². The lowest BCUT2D eigenvalue weighted by molar-refractivity contribution is 1.09. The van der Waals surface area contributed by atoms with Crippen molar-refractivity contribution in [2.45, 2.75) is 0 Å². The summed E-state index contributed by atoms with van der Waals surface area (Å²) in [5.74, 6) is 0.912. The lowest BCUT2D eigenvalue weighted by Gasteiger charge is -2.14. The van der Waals surface area contributed by atoms with Crippen molar-refractivity contribution in [1.82, 2.24) is 14.1 Å². The molecule has 0 aliphatic heterocycles. The van der Waals surface area contributed by atoms with Crippen LogP contribution >= 0.6 is 11.3 Å². The molecule has 0 aliphatic carbocycles. The molecule has 10 aromatic rings. The predicted octanol–water partition coefficient (Wildman–Crippen LogP) is 11.8. The normalized spacial score (nSPS) is 11.8. The minimum Gasteiger partial charge on any atom is -0.316 e. The first-order valence-electron chi connectivity index (χ1n) is 15.9. The molecule has 0 fully saturated rings. The first-order chi connectivity index (χ1) is 23.3. The van der Waals surface area contributed by atoms with Crippen LogP contribution in [0, 0.1) is 0 Å². The number of pyridine rings is 1. The summed E-state index contributed by atoms with van der Waals surface area (Å²) in [5, 5.41) is 6.24. The molecule has 0 saturated heterocycles. The second kappa shape index (κ2) is 10.3. The van der Waals surface area contributed by atoms with E-state index in [9.17, 15) is 0 Å². The van der Waals surface area contributed by atoms with Crippen LogP contribution in [0.1, 0.15) is 0 Å². The SMILES string of the molecule is c1ccc(-c2cc(-c3ccccc3)nc(-n3c4c(ccc5c4ccn5-c4ccccc4)c4ccc5c6ccccc6sc5c43)c2)cc1. The highest BCUT2D eigenvalue weighted by atomic mass is 32.1. The molecule has 4 heterocycles. The summed E-state index contributed by atoms with van der Waals surface area (Å²) < 4.78 is 7.31. The van der Waals surface area contributed by atoms with Crippen molar-refractivity contribution in [2.24, 2.45) is 0 Å². The van der Waals surface area contributed by atoms with Gasteiger partial charge in [-0.05, 0) is 53.6 Å². The Hall–Kier alpha value is -5.97. The van der Waals surface area contributed by atoms with E-state index >= 15 is 0 Å². The van der Waals surface area contributed by atoms with Gasteiger partial charge in [-0.25, -0.2) is 4.98 Å². The molecule has 0 unspecified atom stereocenters. The minimum atomic E-state index is 0.912. The van der Waals surface area contributed by atoms with Crippen molar-refractivity contribution >= 4 is 64.2 Å². The fourth-order valence-corrected chi connectivity index (χ4v) is 8.45. The monoisotopic (exact) mass is 617 g/mol. The van der Waals surface area contributed by atoms with Crippen LogP contribution in [0.5, 0.6) is 0 Å². The number of benzene rings is 6. The zero-order valence-electron chi connectivity index (χ0n) is 25.3. The highest BCUT2D eigenvalue weighted by molar-refractivity contribution is 7.26. The van der Waals surface area contributed by atoms with Crippen molar-refractivity contribution in [3.8, 4) is 33.9 Å². The van der Waals surface area contributed by atoms with Gasteiger partial charge < -0.3 is 4.57 Å². The van der Waals surface area contributed by atoms with Crippen molar-refractivity contribution < 1.29 is 0 Å². The molecule has 0 aliphatic rings. The number of para-hydroxylation sites is 1. The van der Waals surface area contributed by atoms with E-state index in [0.29, 0.717) is 0 Å². The Morgan fingerprint density at radius 3 is 1.94 bits per heavy atom. The van der Waals surface area contributed by atoms with E-state index in [1.54, 1.807) is 0 Å². The third-order valence-corrected chi connectivity index (χ3v) is 10.5. The largest absolute Gasteiger partial charge is 0.316 e. The van der Waals surface area contributed by atoms with Crippen molar-refractivity contribution in [1.29, 1.82) is 0 Å². The number of hydrogen-bond donors (Lipinski definition) is 0. The molecule has 4 aromatic heterocycles. The van der Waals surface area contributed by atoms with Gasteiger partial charge in [0.15, 0.2) is 0 Å². The Kier molecular flexibility index (Phi) is 5.74. The zero-order valence-corrected chi connectivity index (χ0v) is 26.2. The number of thiophene rings is 1. The molecule has 220 valence electrons. The van der Waals surface area contributed by atoms with Crippen molar-refractivity contribution in [2.75, 3.05) is 0 Å². The lowest BCUT2D eigenvalue weighted by atomic mass is 10.0. The lowest BCUT2D eigenvalue weighted by Crippen LogP contribution is -2.00. The van der Waals surface area contributed by atoms with Crippen LogP contribution in [0.15, 0.2) is 164 Å². The third kappa shape index (κ3) is 4.02. The molecule has 3 nitrogen and oxygen atoms in total. The third-order valence-electron chi connectivity index (χ3n) is 9.35. The van der Waals surface area contributed by atoms with Gasteiger partial charge in [0, 0.05) is 49.1 Å². The van der Waals surface area contributed by atoms with Crippen molar-refractivity contribution in [3.05, 3.63) is 164 Å². The molecule has 10 rings (SSSR count). The summed E-state index contributed by atoms with van der Waals surface area (Å²) in [4.78, 5) is 5.47. The first-order valence-corrected chi connectivity index (χ1v) is 16.7. The molecule has 6 aromatic carbocycles. The summed E-state index contributed by atoms with van der Waals surface area (Å²) in [5.41, 5.74) is 9.05. The van der Waals surface area contributed by atoms with E-state index in [4.69, 9.17) is 4.98 Å². The quantitative estimate of drug-likeness (QED) is 0.193. The second-order valence-corrected chi connectivity index (χ2v) is 13.1. The van der Waals surface area contributed by atoms with Gasteiger partial charge in [-0.1, -0.05) is 115 Å². The molecule has 0 amide bonds. The molecule has 0 radical (unpaired) electrons. The Balaban J connectivity index is 1.39. The maximum Gasteiger partial charge on any atom is 0.138 e. The topological polar surface area (TPSA) is 22.8 Å². The molecule has 4 heteroatoms. The summed E-state index contributed by atoms with van der Waals surface area (Å²) in [6.45, 7) is 0. The predicted molar refractivity (Wildman–Crippen MR) is 199 cm³/mol. The molecule has 47 heavy (non-hydrogen) atoms. The van der Waals surface area contributed by atoms with Gasteiger partial charge >= 0.3 is 0 Å². The van der Waals surface area contributed by atoms with Gasteiger partial charge in [-0.2, -0.15) is 0 Å². The van der Waals surface area contributed by atoms with Crippen LogP contribution in [0.3, 0.4) is 0 Å². The zero-order chi connectivity index (χ0) is 30.9. The first kappa shape index (κ1) is 26.3. The van der Waals surface area contributed by atoms with E-state index in [1.165, 1.54) is 58.4 Å². The fourth-order valence-electron chi connectivity index (χ4n) is 7.21. The molecule has 0 spiro atoms. The van der Waals surface area contributed by atoms with E-state index < -0.39 is 0 Å². The highest BCUT2D eigenvalue weighted by Gasteiger charge is 2.22. The van der Waals surface area contributed by atoms with Crippen LogP contribution in [0.25, 0.3) is 86.8 Å². The standard InChI is InChI=1S/C43H27N3S/c1-4-12-28(13-5-1)30-26-37(29-14-6-2-7-15-29)44-40(27-30)46-41-33(22-23-38-36(41)24-25-45(38)31-16-8-3-9-17-31)34-20-21-35-32-18-10-11-19-39(32)47-43(35)42(34)46/h1-27H. The average molecular weight is 618 g/mol. The van der Waals surface area contributed by atoms with Crippen LogP contribution in [0.4, 0.5) is 0 Å². The van der Waals surface area contributed by atoms with Gasteiger partial charge in [-0.15, -0.1) is 11.3 Å². The summed E-state index contributed by atoms with van der Waals surface area (Å²) >= 11 is 1.87. The molecule has 0 bridgehead atoms. The molecule has 0 N–H and O–H groups in total. The second-order valence-electron chi connectivity index (χ2n) is 12.0. The number of rotatable bonds is 4. The van der Waals surface area contributed by atoms with Gasteiger partial charge in [-0.3, -0.25) is 4.57 Å². The number of hydrogen-bond acceptors (Lipinski definition) is 2. The Bertz CT molecular complexity index is 2710. The van der Waals surface area contributed by atoms with E-state index in [0.717, 1.165) is 28.3 Å². The Labute approximate surface area is 275 Å². The van der Waals surface area contributed by atoms with Crippen LogP contribution in [-0.2, 0) is 0 Å². The van der Waals surface area contributed by atoms with Gasteiger partial charge in [0.05, 0.1) is 26.9 Å². The van der Waals surface area contributed by atoms with Crippen molar-refractivity contribution in [3.63, 3.8) is 0 Å². The summed E-state index contributed by atoms with van der Waals surface area (Å²) in [7, 11) is 0. The summed E-state index contributed by atoms with van der Waals surface area (Å²) in [6.07, 6.45) is 2.19. The molecular formula is C43H27N3S. The number of aromatic nitrogens is 3. The highest BCUT2D eigenvalue weighted by Crippen LogP contribution is 2.45. The Morgan fingerprint density at radius 1 is 0.468 bits per heavy atom. The van der Waals surface area contributed by atoms with Gasteiger partial charge in [0.2, 0.25) is 0 Å². The summed E-state index contributed by atoms with van der Waals surface area (Å²) in [6, 6.07) is 56.5. The van der Waals surface area contributed by atoms with Gasteiger partial charge in [0.1, 0.15) is 5.82 Å². The van der Waals surface area contributed by atoms with E-state index in [2.05, 4.69) is 173 Å². The van der Waals surface area contributed by atoms with Crippen LogP contribution in [-0.4, -0.2) is 14.1 Å².